The van der Waals surface area contributed by atoms with Gasteiger partial charge in [0.05, 0.1) is 5.69 Å². The molecule has 3 heterocycles. The summed E-state index contributed by atoms with van der Waals surface area (Å²) in [7, 11) is 0. The van der Waals surface area contributed by atoms with Crippen LogP contribution in [0.25, 0.3) is 16.2 Å². The highest BCUT2D eigenvalue weighted by atomic mass is 32.1. The average Bonchev–Trinajstić information content (AvgIpc) is 3.22. The van der Waals surface area contributed by atoms with Crippen LogP contribution in [0.2, 0.25) is 0 Å². The molecule has 1 aliphatic rings. The number of imidazole rings is 1. The van der Waals surface area contributed by atoms with Crippen molar-refractivity contribution in [2.75, 3.05) is 26.2 Å². The molecular formula is C19H20N4O2S. The Morgan fingerprint density at radius 2 is 1.69 bits per heavy atom. The third-order valence-electron chi connectivity index (χ3n) is 4.83. The number of piperazine rings is 1. The van der Waals surface area contributed by atoms with Gasteiger partial charge in [-0.1, -0.05) is 41.7 Å². The zero-order valence-electron chi connectivity index (χ0n) is 14.8. The second-order valence-electron chi connectivity index (χ2n) is 6.46. The number of aryl methyl sites for hydroxylation is 1. The number of nitrogens with zero attached hydrogens (tertiary/aromatic N) is 4. The smallest absolute Gasteiger partial charge is 0.265 e. The fraction of sp³-hybridized carbons (Fsp3) is 0.316. The Morgan fingerprint density at radius 3 is 2.31 bits per heavy atom. The van der Waals surface area contributed by atoms with Crippen molar-refractivity contribution in [2.24, 2.45) is 0 Å². The topological polar surface area (TPSA) is 57.9 Å². The summed E-state index contributed by atoms with van der Waals surface area (Å²) in [6.07, 6.45) is 1.99. The standard InChI is InChI=1S/C19H20N4O2S/c1-13-17(18(25)22-10-8-21(9-11-22)14(2)24)26-19-20-16(12-23(13)19)15-6-4-3-5-7-15/h3-7,12H,8-11H2,1-2H3. The Hall–Kier alpha value is -2.67. The Labute approximate surface area is 155 Å². The van der Waals surface area contributed by atoms with E-state index in [4.69, 9.17) is 0 Å². The molecule has 0 aliphatic carbocycles. The highest BCUT2D eigenvalue weighted by Gasteiger charge is 2.26. The van der Waals surface area contributed by atoms with Gasteiger partial charge in [0.2, 0.25) is 5.91 Å². The number of carbonyl (C=O) groups is 2. The lowest BCUT2D eigenvalue weighted by molar-refractivity contribution is -0.130. The number of thiazole rings is 1. The van der Waals surface area contributed by atoms with E-state index in [0.717, 1.165) is 26.8 Å². The van der Waals surface area contributed by atoms with Crippen LogP contribution in [0, 0.1) is 6.92 Å². The molecule has 134 valence electrons. The molecule has 0 unspecified atom stereocenters. The Morgan fingerprint density at radius 1 is 1.04 bits per heavy atom. The molecule has 26 heavy (non-hydrogen) atoms. The zero-order chi connectivity index (χ0) is 18.3. The maximum Gasteiger partial charge on any atom is 0.265 e. The zero-order valence-corrected chi connectivity index (χ0v) is 15.6. The monoisotopic (exact) mass is 368 g/mol. The summed E-state index contributed by atoms with van der Waals surface area (Å²) < 4.78 is 1.99. The van der Waals surface area contributed by atoms with Gasteiger partial charge in [0.15, 0.2) is 4.96 Å². The van der Waals surface area contributed by atoms with Crippen molar-refractivity contribution in [3.05, 3.63) is 47.1 Å². The molecule has 7 heteroatoms. The Balaban J connectivity index is 1.58. The van der Waals surface area contributed by atoms with E-state index in [1.54, 1.807) is 11.8 Å². The van der Waals surface area contributed by atoms with Crippen LogP contribution in [0.5, 0.6) is 0 Å². The summed E-state index contributed by atoms with van der Waals surface area (Å²) in [6, 6.07) is 10.0. The predicted molar refractivity (Wildman–Crippen MR) is 101 cm³/mol. The van der Waals surface area contributed by atoms with Crippen LogP contribution in [-0.2, 0) is 4.79 Å². The van der Waals surface area contributed by atoms with E-state index in [2.05, 4.69) is 4.98 Å². The van der Waals surface area contributed by atoms with Crippen molar-refractivity contribution in [1.82, 2.24) is 19.2 Å². The highest BCUT2D eigenvalue weighted by molar-refractivity contribution is 7.19. The van der Waals surface area contributed by atoms with E-state index in [0.29, 0.717) is 26.2 Å². The number of aromatic nitrogens is 2. The fourth-order valence-corrected chi connectivity index (χ4v) is 4.34. The molecule has 1 saturated heterocycles. The highest BCUT2D eigenvalue weighted by Crippen LogP contribution is 2.28. The molecule has 2 aromatic heterocycles. The normalized spacial score (nSPS) is 14.8. The number of amides is 2. The molecule has 3 aromatic rings. The van der Waals surface area contributed by atoms with Crippen molar-refractivity contribution in [2.45, 2.75) is 13.8 Å². The van der Waals surface area contributed by atoms with Crippen LogP contribution >= 0.6 is 11.3 Å². The van der Waals surface area contributed by atoms with Gasteiger partial charge in [0.25, 0.3) is 5.91 Å². The van der Waals surface area contributed by atoms with Gasteiger partial charge in [0, 0.05) is 50.6 Å². The maximum atomic E-state index is 12.9. The fourth-order valence-electron chi connectivity index (χ4n) is 3.26. The number of hydrogen-bond donors (Lipinski definition) is 0. The molecular weight excluding hydrogens is 348 g/mol. The van der Waals surface area contributed by atoms with E-state index in [1.807, 2.05) is 52.8 Å². The van der Waals surface area contributed by atoms with E-state index in [-0.39, 0.29) is 11.8 Å². The van der Waals surface area contributed by atoms with E-state index < -0.39 is 0 Å². The molecule has 1 fully saturated rings. The van der Waals surface area contributed by atoms with Gasteiger partial charge in [-0.3, -0.25) is 14.0 Å². The van der Waals surface area contributed by atoms with E-state index in [9.17, 15) is 9.59 Å². The first-order chi connectivity index (χ1) is 12.5. The first kappa shape index (κ1) is 16.8. The quantitative estimate of drug-likeness (QED) is 0.699. The van der Waals surface area contributed by atoms with Gasteiger partial charge in [-0.25, -0.2) is 4.98 Å². The summed E-state index contributed by atoms with van der Waals surface area (Å²) in [5, 5.41) is 0. The summed E-state index contributed by atoms with van der Waals surface area (Å²) in [6.45, 7) is 5.88. The minimum Gasteiger partial charge on any atom is -0.339 e. The summed E-state index contributed by atoms with van der Waals surface area (Å²) in [5.74, 6) is 0.0961. The molecule has 0 spiro atoms. The number of rotatable bonds is 2. The molecule has 0 radical (unpaired) electrons. The number of carbonyl (C=O) groups excluding carboxylic acids is 2. The Kier molecular flexibility index (Phi) is 4.24. The van der Waals surface area contributed by atoms with Crippen LogP contribution in [0.4, 0.5) is 0 Å². The summed E-state index contributed by atoms with van der Waals surface area (Å²) in [4.78, 5) is 34.2. The molecule has 2 amide bonds. The lowest BCUT2D eigenvalue weighted by Crippen LogP contribution is -2.50. The first-order valence-corrected chi connectivity index (χ1v) is 9.45. The van der Waals surface area contributed by atoms with Crippen LogP contribution < -0.4 is 0 Å². The van der Waals surface area contributed by atoms with Gasteiger partial charge in [0.1, 0.15) is 4.88 Å². The van der Waals surface area contributed by atoms with Crippen molar-refractivity contribution < 1.29 is 9.59 Å². The molecule has 0 atom stereocenters. The van der Waals surface area contributed by atoms with Crippen LogP contribution in [-0.4, -0.2) is 57.2 Å². The third kappa shape index (κ3) is 2.88. The molecule has 0 bridgehead atoms. The van der Waals surface area contributed by atoms with E-state index in [1.165, 1.54) is 11.3 Å². The molecule has 0 saturated carbocycles. The van der Waals surface area contributed by atoms with Crippen LogP contribution in [0.1, 0.15) is 22.3 Å². The van der Waals surface area contributed by atoms with Crippen molar-refractivity contribution in [3.8, 4) is 11.3 Å². The number of benzene rings is 1. The number of fused-ring (bicyclic) bond motifs is 1. The minimum atomic E-state index is 0.0301. The number of hydrogen-bond acceptors (Lipinski definition) is 4. The van der Waals surface area contributed by atoms with E-state index >= 15 is 0 Å². The summed E-state index contributed by atoms with van der Waals surface area (Å²) >= 11 is 1.43. The third-order valence-corrected chi connectivity index (χ3v) is 5.98. The van der Waals surface area contributed by atoms with Gasteiger partial charge >= 0.3 is 0 Å². The SMILES string of the molecule is CC(=O)N1CCN(C(=O)c2sc3nc(-c4ccccc4)cn3c2C)CC1. The van der Waals surface area contributed by atoms with Crippen LogP contribution in [0.3, 0.4) is 0 Å². The summed E-state index contributed by atoms with van der Waals surface area (Å²) in [5.41, 5.74) is 2.89. The second kappa shape index (κ2) is 6.57. The maximum absolute atomic E-state index is 12.9. The molecule has 1 aromatic carbocycles. The van der Waals surface area contributed by atoms with Crippen molar-refractivity contribution in [3.63, 3.8) is 0 Å². The van der Waals surface area contributed by atoms with Gasteiger partial charge in [-0.05, 0) is 6.92 Å². The predicted octanol–water partition coefficient (Wildman–Crippen LogP) is 2.68. The first-order valence-electron chi connectivity index (χ1n) is 8.63. The van der Waals surface area contributed by atoms with Gasteiger partial charge < -0.3 is 9.80 Å². The molecule has 1 aliphatic heterocycles. The molecule has 6 nitrogen and oxygen atoms in total. The van der Waals surface area contributed by atoms with Gasteiger partial charge in [-0.2, -0.15) is 0 Å². The Bertz CT molecular complexity index is 968. The van der Waals surface area contributed by atoms with Gasteiger partial charge in [-0.15, -0.1) is 0 Å². The lowest BCUT2D eigenvalue weighted by Gasteiger charge is -2.34. The van der Waals surface area contributed by atoms with Crippen molar-refractivity contribution in [1.29, 1.82) is 0 Å². The van der Waals surface area contributed by atoms with Crippen LogP contribution in [0.15, 0.2) is 36.5 Å². The van der Waals surface area contributed by atoms with Crippen molar-refractivity contribution >= 4 is 28.1 Å². The molecule has 4 rings (SSSR count). The lowest BCUT2D eigenvalue weighted by atomic mass is 10.2. The second-order valence-corrected chi connectivity index (χ2v) is 7.44. The average molecular weight is 368 g/mol. The minimum absolute atomic E-state index is 0.0301. The largest absolute Gasteiger partial charge is 0.339 e. The molecule has 0 N–H and O–H groups in total.